The summed E-state index contributed by atoms with van der Waals surface area (Å²) < 4.78 is 5.88. The Morgan fingerprint density at radius 2 is 2.25 bits per heavy atom. The second-order valence-electron chi connectivity index (χ2n) is 6.64. The summed E-state index contributed by atoms with van der Waals surface area (Å²) in [5.41, 5.74) is 0.0562. The van der Waals surface area contributed by atoms with E-state index in [0.29, 0.717) is 13.2 Å². The number of amides is 1. The maximum absolute atomic E-state index is 12.8. The minimum Gasteiger partial charge on any atom is -0.379 e. The van der Waals surface area contributed by atoms with Gasteiger partial charge in [0.05, 0.1) is 24.6 Å². The number of rotatable bonds is 3. The topological polar surface area (TPSA) is 45.7 Å². The van der Waals surface area contributed by atoms with Gasteiger partial charge >= 0.3 is 0 Å². The third-order valence-electron chi connectivity index (χ3n) is 4.82. The predicted molar refractivity (Wildman–Crippen MR) is 95.5 cm³/mol. The lowest BCUT2D eigenvalue weighted by molar-refractivity contribution is 0.0647. The van der Waals surface area contributed by atoms with Crippen LogP contribution >= 0.6 is 22.7 Å². The molecule has 1 spiro atoms. The van der Waals surface area contributed by atoms with Gasteiger partial charge in [-0.2, -0.15) is 0 Å². The smallest absolute Gasteiger partial charge is 0.264 e. The number of hydrogen-bond donors (Lipinski definition) is 0. The van der Waals surface area contributed by atoms with Crippen LogP contribution in [0.25, 0.3) is 0 Å². The van der Waals surface area contributed by atoms with Gasteiger partial charge in [-0.15, -0.1) is 22.7 Å². The zero-order valence-corrected chi connectivity index (χ0v) is 15.2. The van der Waals surface area contributed by atoms with Crippen LogP contribution in [0.3, 0.4) is 0 Å². The quantitative estimate of drug-likeness (QED) is 0.841. The summed E-state index contributed by atoms with van der Waals surface area (Å²) >= 11 is 3.22. The first-order valence-corrected chi connectivity index (χ1v) is 10.0. The Morgan fingerprint density at radius 3 is 3.04 bits per heavy atom. The van der Waals surface area contributed by atoms with Crippen LogP contribution in [-0.4, -0.2) is 60.1 Å². The van der Waals surface area contributed by atoms with Gasteiger partial charge in [0, 0.05) is 36.6 Å². The molecule has 0 radical (unpaired) electrons. The Kier molecular flexibility index (Phi) is 4.67. The number of carbonyl (C=O) groups excluding carboxylic acids is 1. The second-order valence-corrected chi connectivity index (χ2v) is 8.57. The minimum absolute atomic E-state index is 0.0562. The van der Waals surface area contributed by atoms with Crippen LogP contribution in [0.5, 0.6) is 0 Å². The monoisotopic (exact) mass is 363 g/mol. The lowest BCUT2D eigenvalue weighted by atomic mass is 9.87. The normalized spacial score (nSPS) is 25.2. The molecule has 0 saturated carbocycles. The molecule has 2 saturated heterocycles. The summed E-state index contributed by atoms with van der Waals surface area (Å²) in [5, 5.41) is 5.15. The third kappa shape index (κ3) is 3.39. The highest BCUT2D eigenvalue weighted by atomic mass is 32.1. The first-order chi connectivity index (χ1) is 11.7. The molecule has 24 heavy (non-hydrogen) atoms. The van der Waals surface area contributed by atoms with Gasteiger partial charge in [-0.3, -0.25) is 9.69 Å². The maximum Gasteiger partial charge on any atom is 0.264 e. The van der Waals surface area contributed by atoms with Crippen molar-refractivity contribution >= 4 is 28.6 Å². The molecule has 0 bridgehead atoms. The van der Waals surface area contributed by atoms with Crippen molar-refractivity contribution in [2.24, 2.45) is 5.41 Å². The summed E-state index contributed by atoms with van der Waals surface area (Å²) in [6.45, 7) is 5.77. The number of hydrogen-bond acceptors (Lipinski definition) is 6. The fraction of sp³-hybridized carbons (Fsp3) is 0.529. The van der Waals surface area contributed by atoms with Crippen LogP contribution in [0.1, 0.15) is 21.1 Å². The van der Waals surface area contributed by atoms with Crippen molar-refractivity contribution in [3.8, 4) is 0 Å². The van der Waals surface area contributed by atoms with Gasteiger partial charge in [0.1, 0.15) is 5.01 Å². The predicted octanol–water partition coefficient (Wildman–Crippen LogP) is 2.57. The van der Waals surface area contributed by atoms with Gasteiger partial charge in [-0.1, -0.05) is 6.07 Å². The molecule has 4 heterocycles. The molecule has 2 aromatic heterocycles. The highest BCUT2D eigenvalue weighted by Gasteiger charge is 2.42. The number of carbonyl (C=O) groups is 1. The van der Waals surface area contributed by atoms with Crippen molar-refractivity contribution < 1.29 is 9.53 Å². The lowest BCUT2D eigenvalue weighted by Crippen LogP contribution is -2.43. The van der Waals surface area contributed by atoms with Gasteiger partial charge in [-0.25, -0.2) is 4.98 Å². The van der Waals surface area contributed by atoms with Crippen LogP contribution in [0.2, 0.25) is 0 Å². The minimum atomic E-state index is 0.0562. The Labute approximate surface area is 149 Å². The number of likely N-dealkylation sites (tertiary alicyclic amines) is 1. The van der Waals surface area contributed by atoms with Crippen molar-refractivity contribution in [1.29, 1.82) is 0 Å². The summed E-state index contributed by atoms with van der Waals surface area (Å²) in [7, 11) is 0. The van der Waals surface area contributed by atoms with Crippen LogP contribution in [-0.2, 0) is 11.3 Å². The molecule has 2 aliphatic rings. The maximum atomic E-state index is 12.8. The first kappa shape index (κ1) is 16.2. The van der Waals surface area contributed by atoms with Crippen LogP contribution in [0.15, 0.2) is 29.1 Å². The fourth-order valence-corrected chi connectivity index (χ4v) is 5.00. The van der Waals surface area contributed by atoms with E-state index in [0.717, 1.165) is 49.1 Å². The van der Waals surface area contributed by atoms with Gasteiger partial charge in [0.25, 0.3) is 5.91 Å². The molecule has 2 aliphatic heterocycles. The Morgan fingerprint density at radius 1 is 1.29 bits per heavy atom. The van der Waals surface area contributed by atoms with E-state index in [2.05, 4.69) is 9.88 Å². The Hall–Kier alpha value is -1.28. The summed E-state index contributed by atoms with van der Waals surface area (Å²) in [5.74, 6) is 0.147. The molecule has 0 N–H and O–H groups in total. The zero-order chi connectivity index (χ0) is 16.4. The van der Waals surface area contributed by atoms with E-state index in [4.69, 9.17) is 4.74 Å². The van der Waals surface area contributed by atoms with Crippen molar-refractivity contribution in [1.82, 2.24) is 14.8 Å². The number of aromatic nitrogens is 1. The average Bonchev–Trinajstić information content (AvgIpc) is 3.30. The molecular weight excluding hydrogens is 342 g/mol. The molecule has 1 atom stereocenters. The Bertz CT molecular complexity index is 674. The van der Waals surface area contributed by atoms with Crippen LogP contribution in [0.4, 0.5) is 0 Å². The summed E-state index contributed by atoms with van der Waals surface area (Å²) in [4.78, 5) is 22.4. The molecule has 2 aromatic rings. The third-order valence-corrected chi connectivity index (χ3v) is 6.44. The van der Waals surface area contributed by atoms with Crippen molar-refractivity contribution in [3.63, 3.8) is 0 Å². The van der Waals surface area contributed by atoms with E-state index < -0.39 is 0 Å². The molecular formula is C17H21N3O2S2. The van der Waals surface area contributed by atoms with Gasteiger partial charge in [0.15, 0.2) is 0 Å². The van der Waals surface area contributed by atoms with Gasteiger partial charge in [-0.05, 0) is 24.4 Å². The number of nitrogens with zero attached hydrogens (tertiary/aromatic N) is 3. The molecule has 0 unspecified atom stereocenters. The summed E-state index contributed by atoms with van der Waals surface area (Å²) in [6.07, 6.45) is 2.94. The van der Waals surface area contributed by atoms with Crippen LogP contribution in [0, 0.1) is 5.41 Å². The van der Waals surface area contributed by atoms with Gasteiger partial charge < -0.3 is 9.64 Å². The molecule has 0 aliphatic carbocycles. The SMILES string of the molecule is O=C(c1cccs1)N1CCOC[C@]2(CCN(Cc3nccs3)C2)C1. The van der Waals surface area contributed by atoms with Crippen molar-refractivity contribution in [2.75, 3.05) is 39.4 Å². The fourth-order valence-electron chi connectivity index (χ4n) is 3.65. The number of ether oxygens (including phenoxy) is 1. The standard InChI is InChI=1S/C17H21N3O2S2/c21-16(14-2-1-8-23-14)20-6-7-22-13-17(12-20)3-5-19(11-17)10-15-18-4-9-24-15/h1-2,4,8-9H,3,5-7,10-13H2/t17-/m0/s1. The summed E-state index contributed by atoms with van der Waals surface area (Å²) in [6, 6.07) is 3.85. The first-order valence-electron chi connectivity index (χ1n) is 8.25. The van der Waals surface area contributed by atoms with E-state index >= 15 is 0 Å². The highest BCUT2D eigenvalue weighted by molar-refractivity contribution is 7.12. The molecule has 7 heteroatoms. The van der Waals surface area contributed by atoms with E-state index in [1.54, 1.807) is 11.3 Å². The Balaban J connectivity index is 1.45. The van der Waals surface area contributed by atoms with Crippen molar-refractivity contribution in [2.45, 2.75) is 13.0 Å². The zero-order valence-electron chi connectivity index (χ0n) is 13.5. The van der Waals surface area contributed by atoms with E-state index in [9.17, 15) is 4.79 Å². The molecule has 4 rings (SSSR count). The lowest BCUT2D eigenvalue weighted by Gasteiger charge is -2.31. The molecule has 5 nitrogen and oxygen atoms in total. The van der Waals surface area contributed by atoms with E-state index in [1.807, 2.05) is 34.0 Å². The average molecular weight is 364 g/mol. The van der Waals surface area contributed by atoms with E-state index in [1.165, 1.54) is 11.3 Å². The molecule has 128 valence electrons. The van der Waals surface area contributed by atoms with E-state index in [-0.39, 0.29) is 11.3 Å². The van der Waals surface area contributed by atoms with Gasteiger partial charge in [0.2, 0.25) is 0 Å². The number of thiophene rings is 1. The highest BCUT2D eigenvalue weighted by Crippen LogP contribution is 2.35. The largest absolute Gasteiger partial charge is 0.379 e. The van der Waals surface area contributed by atoms with Crippen molar-refractivity contribution in [3.05, 3.63) is 39.0 Å². The van der Waals surface area contributed by atoms with Crippen LogP contribution < -0.4 is 0 Å². The second kappa shape index (κ2) is 6.92. The number of thiazole rings is 1. The molecule has 2 fully saturated rings. The molecule has 0 aromatic carbocycles. The molecule has 1 amide bonds.